The zero-order valence-electron chi connectivity index (χ0n) is 9.13. The van der Waals surface area contributed by atoms with Gasteiger partial charge < -0.3 is 4.74 Å². The van der Waals surface area contributed by atoms with Crippen LogP contribution in [-0.4, -0.2) is 18.8 Å². The van der Waals surface area contributed by atoms with Gasteiger partial charge in [0.1, 0.15) is 5.75 Å². The number of Topliss-reactive ketones (excluding diaryl/α,β-unsaturated/α-hetero) is 1. The number of ether oxygens (including phenoxy) is 1. The SMILES string of the molecule is COc1ccc(C(=O)CCCCCl)c(Cl)c1. The summed E-state index contributed by atoms with van der Waals surface area (Å²) in [5.74, 6) is 1.30. The summed E-state index contributed by atoms with van der Waals surface area (Å²) in [6, 6.07) is 5.08. The third-order valence-electron chi connectivity index (χ3n) is 2.26. The maximum Gasteiger partial charge on any atom is 0.164 e. The molecule has 1 rings (SSSR count). The molecule has 0 aliphatic rings. The van der Waals surface area contributed by atoms with Gasteiger partial charge in [0, 0.05) is 17.9 Å². The minimum Gasteiger partial charge on any atom is -0.497 e. The average Bonchev–Trinajstić information content (AvgIpc) is 2.29. The van der Waals surface area contributed by atoms with E-state index in [0.717, 1.165) is 12.8 Å². The summed E-state index contributed by atoms with van der Waals surface area (Å²) in [5.41, 5.74) is 0.553. The summed E-state index contributed by atoms with van der Waals surface area (Å²) in [6.45, 7) is 0. The van der Waals surface area contributed by atoms with Gasteiger partial charge in [-0.2, -0.15) is 0 Å². The fourth-order valence-corrected chi connectivity index (χ4v) is 1.83. The predicted octanol–water partition coefficient (Wildman–Crippen LogP) is 3.94. The van der Waals surface area contributed by atoms with Gasteiger partial charge in [-0.1, -0.05) is 11.6 Å². The monoisotopic (exact) mass is 260 g/mol. The van der Waals surface area contributed by atoms with E-state index in [4.69, 9.17) is 27.9 Å². The van der Waals surface area contributed by atoms with Crippen LogP contribution in [0.1, 0.15) is 29.6 Å². The molecule has 0 aliphatic carbocycles. The van der Waals surface area contributed by atoms with Gasteiger partial charge in [-0.15, -0.1) is 11.6 Å². The van der Waals surface area contributed by atoms with Crippen molar-refractivity contribution < 1.29 is 9.53 Å². The third-order valence-corrected chi connectivity index (χ3v) is 2.84. The first-order valence-electron chi connectivity index (χ1n) is 5.11. The van der Waals surface area contributed by atoms with Gasteiger partial charge in [0.05, 0.1) is 12.1 Å². The molecule has 0 saturated carbocycles. The number of halogens is 2. The smallest absolute Gasteiger partial charge is 0.164 e. The van der Waals surface area contributed by atoms with Crippen LogP contribution < -0.4 is 4.74 Å². The molecule has 2 nitrogen and oxygen atoms in total. The molecule has 0 heterocycles. The Morgan fingerprint density at radius 3 is 2.69 bits per heavy atom. The molecule has 0 aromatic heterocycles. The zero-order chi connectivity index (χ0) is 12.0. The number of benzene rings is 1. The van der Waals surface area contributed by atoms with E-state index in [1.165, 1.54) is 0 Å². The minimum atomic E-state index is 0.0535. The van der Waals surface area contributed by atoms with E-state index in [9.17, 15) is 4.79 Å². The Morgan fingerprint density at radius 2 is 2.12 bits per heavy atom. The number of unbranched alkanes of at least 4 members (excludes halogenated alkanes) is 1. The van der Waals surface area contributed by atoms with E-state index in [-0.39, 0.29) is 5.78 Å². The largest absolute Gasteiger partial charge is 0.497 e. The summed E-state index contributed by atoms with van der Waals surface area (Å²) in [5, 5.41) is 0.440. The lowest BCUT2D eigenvalue weighted by atomic mass is 10.1. The summed E-state index contributed by atoms with van der Waals surface area (Å²) < 4.78 is 5.02. The Balaban J connectivity index is 2.68. The van der Waals surface area contributed by atoms with Gasteiger partial charge in [-0.05, 0) is 31.0 Å². The van der Waals surface area contributed by atoms with Crippen LogP contribution in [-0.2, 0) is 0 Å². The topological polar surface area (TPSA) is 26.3 Å². The fraction of sp³-hybridized carbons (Fsp3) is 0.417. The molecule has 0 amide bonds. The van der Waals surface area contributed by atoms with Gasteiger partial charge in [0.2, 0.25) is 0 Å². The van der Waals surface area contributed by atoms with Crippen LogP contribution in [0.2, 0.25) is 5.02 Å². The second-order valence-electron chi connectivity index (χ2n) is 3.42. The highest BCUT2D eigenvalue weighted by Crippen LogP contribution is 2.23. The number of carbonyl (C=O) groups excluding carboxylic acids is 1. The zero-order valence-corrected chi connectivity index (χ0v) is 10.6. The Hall–Kier alpha value is -0.730. The lowest BCUT2D eigenvalue weighted by Gasteiger charge is -2.05. The first-order valence-corrected chi connectivity index (χ1v) is 6.03. The van der Waals surface area contributed by atoms with Crippen molar-refractivity contribution in [2.45, 2.75) is 19.3 Å². The van der Waals surface area contributed by atoms with Crippen LogP contribution in [0.5, 0.6) is 5.75 Å². The molecule has 0 N–H and O–H groups in total. The number of alkyl halides is 1. The maximum absolute atomic E-state index is 11.8. The van der Waals surface area contributed by atoms with Gasteiger partial charge in [-0.3, -0.25) is 4.79 Å². The summed E-state index contributed by atoms with van der Waals surface area (Å²) in [4.78, 5) is 11.8. The van der Waals surface area contributed by atoms with Gasteiger partial charge in [-0.25, -0.2) is 0 Å². The number of hydrogen-bond acceptors (Lipinski definition) is 2. The molecular formula is C12H14Cl2O2. The van der Waals surface area contributed by atoms with Crippen molar-refractivity contribution in [1.82, 2.24) is 0 Å². The van der Waals surface area contributed by atoms with Crippen LogP contribution in [0.15, 0.2) is 18.2 Å². The molecule has 0 unspecified atom stereocenters. The molecule has 0 saturated heterocycles. The predicted molar refractivity (Wildman–Crippen MR) is 66.9 cm³/mol. The second-order valence-corrected chi connectivity index (χ2v) is 4.20. The average molecular weight is 261 g/mol. The number of hydrogen-bond donors (Lipinski definition) is 0. The van der Waals surface area contributed by atoms with Crippen LogP contribution >= 0.6 is 23.2 Å². The van der Waals surface area contributed by atoms with Gasteiger partial charge in [0.25, 0.3) is 0 Å². The van der Waals surface area contributed by atoms with E-state index in [2.05, 4.69) is 0 Å². The maximum atomic E-state index is 11.8. The first kappa shape index (κ1) is 13.3. The summed E-state index contributed by atoms with van der Waals surface area (Å²) >= 11 is 11.5. The normalized spacial score (nSPS) is 10.2. The van der Waals surface area contributed by atoms with Crippen molar-refractivity contribution in [3.05, 3.63) is 28.8 Å². The molecule has 0 spiro atoms. The molecule has 4 heteroatoms. The molecule has 0 aliphatic heterocycles. The summed E-state index contributed by atoms with van der Waals surface area (Å²) in [6.07, 6.45) is 2.13. The third kappa shape index (κ3) is 3.69. The molecule has 1 aromatic rings. The van der Waals surface area contributed by atoms with E-state index < -0.39 is 0 Å². The molecule has 0 bridgehead atoms. The molecule has 1 aromatic carbocycles. The van der Waals surface area contributed by atoms with Crippen LogP contribution in [0.3, 0.4) is 0 Å². The lowest BCUT2D eigenvalue weighted by molar-refractivity contribution is 0.0980. The van der Waals surface area contributed by atoms with Crippen LogP contribution in [0, 0.1) is 0 Å². The van der Waals surface area contributed by atoms with E-state index in [0.29, 0.717) is 28.6 Å². The van der Waals surface area contributed by atoms with Crippen molar-refractivity contribution >= 4 is 29.0 Å². The van der Waals surface area contributed by atoms with E-state index >= 15 is 0 Å². The molecule has 0 radical (unpaired) electrons. The second kappa shape index (κ2) is 6.77. The van der Waals surface area contributed by atoms with E-state index in [1.807, 2.05) is 0 Å². The first-order chi connectivity index (χ1) is 7.69. The van der Waals surface area contributed by atoms with Crippen molar-refractivity contribution in [3.8, 4) is 5.75 Å². The Bertz CT molecular complexity index is 364. The summed E-state index contributed by atoms with van der Waals surface area (Å²) in [7, 11) is 1.56. The fourth-order valence-electron chi connectivity index (χ4n) is 1.36. The molecule has 0 fully saturated rings. The Morgan fingerprint density at radius 1 is 1.38 bits per heavy atom. The Kier molecular flexibility index (Phi) is 5.64. The minimum absolute atomic E-state index is 0.0535. The lowest BCUT2D eigenvalue weighted by Crippen LogP contribution is -2.00. The van der Waals surface area contributed by atoms with Crippen molar-refractivity contribution in [2.75, 3.05) is 13.0 Å². The molecule has 16 heavy (non-hydrogen) atoms. The molecular weight excluding hydrogens is 247 g/mol. The number of rotatable bonds is 6. The number of carbonyl (C=O) groups is 1. The van der Waals surface area contributed by atoms with Crippen LogP contribution in [0.25, 0.3) is 0 Å². The van der Waals surface area contributed by atoms with Crippen LogP contribution in [0.4, 0.5) is 0 Å². The van der Waals surface area contributed by atoms with Crippen molar-refractivity contribution in [1.29, 1.82) is 0 Å². The standard InChI is InChI=1S/C12H14Cl2O2/c1-16-9-5-6-10(11(14)8-9)12(15)4-2-3-7-13/h5-6,8H,2-4,7H2,1H3. The van der Waals surface area contributed by atoms with Crippen molar-refractivity contribution in [2.24, 2.45) is 0 Å². The van der Waals surface area contributed by atoms with Crippen molar-refractivity contribution in [3.63, 3.8) is 0 Å². The van der Waals surface area contributed by atoms with Gasteiger partial charge >= 0.3 is 0 Å². The quantitative estimate of drug-likeness (QED) is 0.440. The number of methoxy groups -OCH3 is 1. The highest BCUT2D eigenvalue weighted by molar-refractivity contribution is 6.34. The Labute approximate surface area is 106 Å². The molecule has 88 valence electrons. The van der Waals surface area contributed by atoms with E-state index in [1.54, 1.807) is 25.3 Å². The number of ketones is 1. The molecule has 0 atom stereocenters. The van der Waals surface area contributed by atoms with Gasteiger partial charge in [0.15, 0.2) is 5.78 Å². The highest BCUT2D eigenvalue weighted by atomic mass is 35.5. The highest BCUT2D eigenvalue weighted by Gasteiger charge is 2.10.